The summed E-state index contributed by atoms with van der Waals surface area (Å²) >= 11 is 0. The van der Waals surface area contributed by atoms with Crippen molar-refractivity contribution in [1.29, 1.82) is 0 Å². The first-order valence-corrected chi connectivity index (χ1v) is 14.2. The van der Waals surface area contributed by atoms with Gasteiger partial charge in [0.2, 0.25) is 5.91 Å². The highest BCUT2D eigenvalue weighted by Gasteiger charge is 2.60. The molecule has 0 aromatic heterocycles. The van der Waals surface area contributed by atoms with Gasteiger partial charge in [-0.05, 0) is 89.0 Å². The minimum atomic E-state index is -2.06. The lowest BCUT2D eigenvalue weighted by Gasteiger charge is -2.52. The van der Waals surface area contributed by atoms with E-state index in [-0.39, 0.29) is 34.3 Å². The monoisotopic (exact) mass is 580 g/mol. The van der Waals surface area contributed by atoms with Crippen LogP contribution in [0.15, 0.2) is 35.1 Å². The third-order valence-corrected chi connectivity index (χ3v) is 9.39. The number of rotatable bonds is 5. The highest BCUT2D eigenvalue weighted by molar-refractivity contribution is 6.08. The molecule has 1 aromatic rings. The number of phenols is 1. The van der Waals surface area contributed by atoms with E-state index in [9.17, 15) is 34.8 Å². The van der Waals surface area contributed by atoms with Crippen LogP contribution in [0.4, 0.5) is 0 Å². The molecular formula is C31H40N4O7. The predicted octanol–water partition coefficient (Wildman–Crippen LogP) is 1.21. The van der Waals surface area contributed by atoms with Gasteiger partial charge in [0.15, 0.2) is 5.78 Å². The van der Waals surface area contributed by atoms with Crippen molar-refractivity contribution in [2.24, 2.45) is 23.5 Å². The van der Waals surface area contributed by atoms with Crippen LogP contribution < -0.4 is 5.73 Å². The molecule has 5 rings (SSSR count). The number of likely N-dealkylation sites (N-methyl/N-ethyl adjacent to an activating group) is 2. The molecule has 11 nitrogen and oxygen atoms in total. The Kier molecular flexibility index (Phi) is 7.49. The van der Waals surface area contributed by atoms with Crippen molar-refractivity contribution < 1.29 is 34.8 Å². The summed E-state index contributed by atoms with van der Waals surface area (Å²) in [5.74, 6) is -4.51. The van der Waals surface area contributed by atoms with Gasteiger partial charge >= 0.3 is 0 Å². The number of hydrogen-bond acceptors (Lipinski definition) is 9. The summed E-state index contributed by atoms with van der Waals surface area (Å²) in [7, 11) is 7.14. The number of aromatic hydroxyl groups is 1. The average molecular weight is 581 g/mol. The second-order valence-corrected chi connectivity index (χ2v) is 12.6. The molecule has 11 heteroatoms. The van der Waals surface area contributed by atoms with Crippen molar-refractivity contribution in [1.82, 2.24) is 14.7 Å². The number of carbonyl (C=O) groups is 3. The van der Waals surface area contributed by atoms with E-state index < -0.39 is 46.7 Å². The largest absolute Gasteiger partial charge is 0.510 e. The number of aliphatic hydroxyl groups excluding tert-OH is 2. The molecule has 3 unspecified atom stereocenters. The predicted molar refractivity (Wildman–Crippen MR) is 156 cm³/mol. The Balaban J connectivity index is 1.57. The van der Waals surface area contributed by atoms with E-state index in [0.717, 1.165) is 11.1 Å². The lowest BCUT2D eigenvalue weighted by molar-refractivity contribution is -0.139. The van der Waals surface area contributed by atoms with E-state index in [1.54, 1.807) is 23.9 Å². The second-order valence-electron chi connectivity index (χ2n) is 12.6. The summed E-state index contributed by atoms with van der Waals surface area (Å²) in [5, 5.41) is 45.1. The number of primary amides is 1. The third kappa shape index (κ3) is 4.60. The molecule has 3 aliphatic carbocycles. The summed E-state index contributed by atoms with van der Waals surface area (Å²) in [6.07, 6.45) is 3.29. The van der Waals surface area contributed by atoms with Crippen LogP contribution >= 0.6 is 0 Å². The molecular weight excluding hydrogens is 540 g/mol. The molecule has 0 radical (unpaired) electrons. The maximum atomic E-state index is 14.2. The quantitative estimate of drug-likeness (QED) is 0.344. The van der Waals surface area contributed by atoms with Crippen molar-refractivity contribution in [2.45, 2.75) is 37.8 Å². The molecule has 1 aromatic carbocycles. The minimum Gasteiger partial charge on any atom is -0.510 e. The molecule has 0 spiro atoms. The Morgan fingerprint density at radius 3 is 2.40 bits per heavy atom. The van der Waals surface area contributed by atoms with Crippen LogP contribution in [0.2, 0.25) is 0 Å². The van der Waals surface area contributed by atoms with Crippen LogP contribution in [-0.4, -0.2) is 112 Å². The first-order chi connectivity index (χ1) is 19.7. The summed E-state index contributed by atoms with van der Waals surface area (Å²) < 4.78 is 0. The van der Waals surface area contributed by atoms with E-state index in [1.165, 1.54) is 13.0 Å². The van der Waals surface area contributed by atoms with Gasteiger partial charge in [0.1, 0.15) is 22.9 Å². The average Bonchev–Trinajstić information content (AvgIpc) is 2.87. The standard InChI is InChI=1S/C31H40N4O7/c1-31(42)24-19(26(34(4)5)29(40)25(31)30(32)41)13-16-12-18-17(6-7-20(36)23(18)27(38)22(16)28(24)39)15-8-10-35(11-9-15)21(37)14-33(2)3/h6-8,16,19,24,26,36,38,40,42H,9-14H2,1-5H3,(H2,32,41)/t16?,19?,24?,26-,31+/m0/s1. The molecule has 42 heavy (non-hydrogen) atoms. The molecule has 1 aliphatic heterocycles. The number of amides is 2. The third-order valence-electron chi connectivity index (χ3n) is 9.39. The van der Waals surface area contributed by atoms with Crippen molar-refractivity contribution in [3.8, 4) is 5.75 Å². The molecule has 1 heterocycles. The number of ketones is 1. The van der Waals surface area contributed by atoms with Gasteiger partial charge in [-0.1, -0.05) is 12.1 Å². The van der Waals surface area contributed by atoms with Crippen LogP contribution in [0, 0.1) is 17.8 Å². The van der Waals surface area contributed by atoms with E-state index in [4.69, 9.17) is 5.73 Å². The summed E-state index contributed by atoms with van der Waals surface area (Å²) in [5.41, 5.74) is 5.96. The first kappa shape index (κ1) is 29.8. The van der Waals surface area contributed by atoms with Crippen molar-refractivity contribution >= 4 is 28.9 Å². The van der Waals surface area contributed by atoms with Crippen LogP contribution in [0.25, 0.3) is 11.3 Å². The Labute approximate surface area is 245 Å². The Hall–Kier alpha value is -3.67. The van der Waals surface area contributed by atoms with Crippen LogP contribution in [0.3, 0.4) is 0 Å². The number of nitrogens with zero attached hydrogens (tertiary/aromatic N) is 3. The molecule has 6 N–H and O–H groups in total. The fourth-order valence-corrected chi connectivity index (χ4v) is 7.70. The lowest BCUT2D eigenvalue weighted by Crippen LogP contribution is -2.61. The summed E-state index contributed by atoms with van der Waals surface area (Å²) in [4.78, 5) is 44.4. The van der Waals surface area contributed by atoms with Gasteiger partial charge in [-0.3, -0.25) is 19.3 Å². The fraction of sp³-hybridized carbons (Fsp3) is 0.516. The van der Waals surface area contributed by atoms with Gasteiger partial charge in [-0.25, -0.2) is 0 Å². The number of nitrogens with two attached hydrogens (primary N) is 1. The normalized spacial score (nSPS) is 29.4. The summed E-state index contributed by atoms with van der Waals surface area (Å²) in [6.45, 7) is 2.62. The van der Waals surface area contributed by atoms with Gasteiger partial charge in [-0.15, -0.1) is 0 Å². The van der Waals surface area contributed by atoms with E-state index >= 15 is 0 Å². The first-order valence-electron chi connectivity index (χ1n) is 14.2. The number of benzene rings is 1. The Bertz CT molecular complexity index is 1450. The maximum Gasteiger partial charge on any atom is 0.251 e. The molecule has 4 aliphatic rings. The van der Waals surface area contributed by atoms with Crippen molar-refractivity contribution in [3.63, 3.8) is 0 Å². The molecule has 5 atom stereocenters. The van der Waals surface area contributed by atoms with Gasteiger partial charge < -0.3 is 36.0 Å². The molecule has 0 saturated heterocycles. The summed E-state index contributed by atoms with van der Waals surface area (Å²) in [6, 6.07) is 2.56. The fourth-order valence-electron chi connectivity index (χ4n) is 7.70. The highest BCUT2D eigenvalue weighted by atomic mass is 16.3. The number of hydrogen-bond donors (Lipinski definition) is 5. The van der Waals surface area contributed by atoms with Gasteiger partial charge in [0.05, 0.1) is 29.6 Å². The smallest absolute Gasteiger partial charge is 0.251 e. The number of phenolic OH excluding ortho intramolecular Hbond substituents is 1. The van der Waals surface area contributed by atoms with Gasteiger partial charge in [0, 0.05) is 18.7 Å². The number of fused-ring (bicyclic) bond motifs is 3. The Morgan fingerprint density at radius 2 is 1.83 bits per heavy atom. The van der Waals surface area contributed by atoms with Crippen molar-refractivity contribution in [3.05, 3.63) is 51.8 Å². The SMILES string of the molecule is CN(C)CC(=O)N1CC=C(c2ccc(O)c3c2CC2CC4C(C(=O)C2=C3O)[C@@](C)(O)C(C(N)=O)=C(O)[C@H]4N(C)C)CC1. The highest BCUT2D eigenvalue weighted by Crippen LogP contribution is 2.54. The van der Waals surface area contributed by atoms with Crippen LogP contribution in [0.5, 0.6) is 5.75 Å². The van der Waals surface area contributed by atoms with Crippen LogP contribution in [-0.2, 0) is 20.8 Å². The lowest BCUT2D eigenvalue weighted by atomic mass is 9.55. The minimum absolute atomic E-state index is 0.0409. The van der Waals surface area contributed by atoms with E-state index in [2.05, 4.69) is 0 Å². The van der Waals surface area contributed by atoms with Gasteiger partial charge in [-0.2, -0.15) is 0 Å². The molecule has 0 bridgehead atoms. The number of carbonyl (C=O) groups excluding carboxylic acids is 3. The molecule has 1 fully saturated rings. The number of allylic oxidation sites excluding steroid dienone is 1. The Morgan fingerprint density at radius 1 is 1.14 bits per heavy atom. The second kappa shape index (κ2) is 10.6. The maximum absolute atomic E-state index is 14.2. The van der Waals surface area contributed by atoms with E-state index in [0.29, 0.717) is 44.5 Å². The molecule has 226 valence electrons. The van der Waals surface area contributed by atoms with Crippen LogP contribution in [0.1, 0.15) is 36.5 Å². The van der Waals surface area contributed by atoms with E-state index in [1.807, 2.05) is 31.1 Å². The molecule has 1 saturated carbocycles. The number of aliphatic hydroxyl groups is 3. The zero-order valence-corrected chi connectivity index (χ0v) is 24.7. The number of Topliss-reactive ketones (excluding diaryl/α,β-unsaturated/α-hetero) is 1. The zero-order chi connectivity index (χ0) is 30.8. The van der Waals surface area contributed by atoms with Gasteiger partial charge in [0.25, 0.3) is 5.91 Å². The van der Waals surface area contributed by atoms with Crippen molar-refractivity contribution in [2.75, 3.05) is 47.8 Å². The topological polar surface area (TPSA) is 168 Å². The molecule has 2 amide bonds. The zero-order valence-electron chi connectivity index (χ0n) is 24.7.